The highest BCUT2D eigenvalue weighted by Gasteiger charge is 2.15. The summed E-state index contributed by atoms with van der Waals surface area (Å²) in [6.45, 7) is 4.51. The van der Waals surface area contributed by atoms with Crippen LogP contribution in [0.25, 0.3) is 0 Å². The number of unbranched alkanes of at least 4 members (excludes halogenated alkanes) is 20. The number of hydrogen-bond donors (Lipinski definition) is 1. The number of esters is 1. The smallest absolute Gasteiger partial charge is 0.306 e. The van der Waals surface area contributed by atoms with Gasteiger partial charge in [0.1, 0.15) is 6.10 Å². The summed E-state index contributed by atoms with van der Waals surface area (Å²) in [5, 5.41) is 9.03. The van der Waals surface area contributed by atoms with Gasteiger partial charge in [-0.25, -0.2) is 0 Å². The van der Waals surface area contributed by atoms with Gasteiger partial charge in [-0.15, -0.1) is 0 Å². The third-order valence-electron chi connectivity index (χ3n) is 7.09. The molecule has 4 heteroatoms. The molecule has 4 nitrogen and oxygen atoms in total. The van der Waals surface area contributed by atoms with Crippen molar-refractivity contribution in [3.05, 3.63) is 0 Å². The van der Waals surface area contributed by atoms with E-state index in [0.717, 1.165) is 32.1 Å². The fourth-order valence-electron chi connectivity index (χ4n) is 4.76. The van der Waals surface area contributed by atoms with Crippen molar-refractivity contribution in [3.63, 3.8) is 0 Å². The van der Waals surface area contributed by atoms with Gasteiger partial charge in [-0.1, -0.05) is 142 Å². The topological polar surface area (TPSA) is 63.6 Å². The van der Waals surface area contributed by atoms with Crippen molar-refractivity contribution in [2.75, 3.05) is 0 Å². The number of hydrogen-bond acceptors (Lipinski definition) is 3. The van der Waals surface area contributed by atoms with E-state index in [4.69, 9.17) is 9.84 Å². The molecule has 0 aliphatic carbocycles. The van der Waals surface area contributed by atoms with E-state index in [1.807, 2.05) is 0 Å². The molecule has 0 aromatic carbocycles. The van der Waals surface area contributed by atoms with Gasteiger partial charge in [0.2, 0.25) is 0 Å². The van der Waals surface area contributed by atoms with Crippen LogP contribution in [0, 0.1) is 0 Å². The molecule has 1 atom stereocenters. The predicted molar refractivity (Wildman–Crippen MR) is 149 cm³/mol. The number of carboxylic acid groups (broad SMARTS) is 1. The maximum absolute atomic E-state index is 12.3. The van der Waals surface area contributed by atoms with Gasteiger partial charge in [0.15, 0.2) is 0 Å². The first-order valence-corrected chi connectivity index (χ1v) is 15.5. The molecule has 0 heterocycles. The third kappa shape index (κ3) is 27.4. The quantitative estimate of drug-likeness (QED) is 0.0864. The van der Waals surface area contributed by atoms with E-state index in [1.165, 1.54) is 116 Å². The Morgan fingerprint density at radius 1 is 0.514 bits per heavy atom. The number of carbonyl (C=O) groups is 2. The van der Waals surface area contributed by atoms with E-state index < -0.39 is 5.97 Å². The molecule has 0 saturated carbocycles. The van der Waals surface area contributed by atoms with Gasteiger partial charge in [-0.3, -0.25) is 9.59 Å². The Bertz CT molecular complexity index is 463. The summed E-state index contributed by atoms with van der Waals surface area (Å²) in [6, 6.07) is 0. The summed E-state index contributed by atoms with van der Waals surface area (Å²) < 4.78 is 5.68. The number of aliphatic carboxylic acids is 1. The Kier molecular flexibility index (Phi) is 26.7. The van der Waals surface area contributed by atoms with E-state index in [1.54, 1.807) is 0 Å². The van der Waals surface area contributed by atoms with Crippen molar-refractivity contribution in [2.24, 2.45) is 0 Å². The van der Waals surface area contributed by atoms with Gasteiger partial charge in [0.05, 0.1) is 0 Å². The maximum atomic E-state index is 12.3. The molecule has 0 amide bonds. The van der Waals surface area contributed by atoms with E-state index in [-0.39, 0.29) is 18.5 Å². The summed E-state index contributed by atoms with van der Waals surface area (Å²) in [5.74, 6) is -0.950. The molecule has 1 unspecified atom stereocenters. The van der Waals surface area contributed by atoms with Crippen LogP contribution in [0.1, 0.15) is 181 Å². The monoisotopic (exact) mass is 496 g/mol. The summed E-state index contributed by atoms with van der Waals surface area (Å²) in [7, 11) is 0. The van der Waals surface area contributed by atoms with Crippen molar-refractivity contribution in [1.82, 2.24) is 0 Å². The van der Waals surface area contributed by atoms with Crippen LogP contribution in [-0.2, 0) is 14.3 Å². The molecule has 0 bridgehead atoms. The molecule has 0 radical (unpaired) electrons. The maximum Gasteiger partial charge on any atom is 0.306 e. The lowest BCUT2D eigenvalue weighted by Crippen LogP contribution is -2.19. The lowest BCUT2D eigenvalue weighted by atomic mass is 10.0. The molecule has 35 heavy (non-hydrogen) atoms. The van der Waals surface area contributed by atoms with Gasteiger partial charge in [-0.2, -0.15) is 0 Å². The summed E-state index contributed by atoms with van der Waals surface area (Å²) in [4.78, 5) is 23.3. The molecule has 1 N–H and O–H groups in total. The van der Waals surface area contributed by atoms with Crippen molar-refractivity contribution in [3.8, 4) is 0 Å². The minimum Gasteiger partial charge on any atom is -0.481 e. The van der Waals surface area contributed by atoms with Crippen LogP contribution in [0.4, 0.5) is 0 Å². The fourth-order valence-corrected chi connectivity index (χ4v) is 4.76. The average Bonchev–Trinajstić information content (AvgIpc) is 2.84. The Hall–Kier alpha value is -1.06. The molecule has 208 valence electrons. The normalized spacial score (nSPS) is 12.1. The van der Waals surface area contributed by atoms with Crippen LogP contribution in [-0.4, -0.2) is 23.1 Å². The largest absolute Gasteiger partial charge is 0.481 e. The second kappa shape index (κ2) is 27.5. The first kappa shape index (κ1) is 33.9. The highest BCUT2D eigenvalue weighted by molar-refractivity contribution is 5.69. The van der Waals surface area contributed by atoms with Gasteiger partial charge in [-0.05, 0) is 25.7 Å². The average molecular weight is 497 g/mol. The molecule has 0 fully saturated rings. The van der Waals surface area contributed by atoms with Crippen LogP contribution < -0.4 is 0 Å². The SMILES string of the molecule is CCCCCCCCCCCCCCC(CCC(=O)O)OC(=O)CCCCCCCCCCCC. The summed E-state index contributed by atoms with van der Waals surface area (Å²) in [6.07, 6.45) is 29.6. The molecule has 0 aliphatic rings. The first-order chi connectivity index (χ1) is 17.1. The standard InChI is InChI=1S/C31H60O4/c1-3-5-7-9-11-13-15-16-17-19-21-23-25-29(27-28-30(32)33)35-31(34)26-24-22-20-18-14-12-10-8-6-4-2/h29H,3-28H2,1-2H3,(H,32,33). The van der Waals surface area contributed by atoms with Gasteiger partial charge >= 0.3 is 11.9 Å². The summed E-state index contributed by atoms with van der Waals surface area (Å²) >= 11 is 0. The Morgan fingerprint density at radius 3 is 1.29 bits per heavy atom. The fraction of sp³-hybridized carbons (Fsp3) is 0.935. The molecular weight excluding hydrogens is 436 g/mol. The minimum atomic E-state index is -0.810. The van der Waals surface area contributed by atoms with Crippen LogP contribution in [0.3, 0.4) is 0 Å². The lowest BCUT2D eigenvalue weighted by molar-refractivity contribution is -0.151. The van der Waals surface area contributed by atoms with Gasteiger partial charge < -0.3 is 9.84 Å². The number of carbonyl (C=O) groups excluding carboxylic acids is 1. The first-order valence-electron chi connectivity index (χ1n) is 15.5. The second-order valence-electron chi connectivity index (χ2n) is 10.7. The van der Waals surface area contributed by atoms with Crippen LogP contribution in [0.5, 0.6) is 0 Å². The molecule has 0 aliphatic heterocycles. The van der Waals surface area contributed by atoms with E-state index in [2.05, 4.69) is 13.8 Å². The molecule has 0 spiro atoms. The number of carboxylic acids is 1. The van der Waals surface area contributed by atoms with Crippen molar-refractivity contribution in [2.45, 2.75) is 187 Å². The molecule has 0 rings (SSSR count). The van der Waals surface area contributed by atoms with E-state index >= 15 is 0 Å². The zero-order chi connectivity index (χ0) is 25.8. The third-order valence-corrected chi connectivity index (χ3v) is 7.09. The van der Waals surface area contributed by atoms with E-state index in [9.17, 15) is 9.59 Å². The molecule has 0 saturated heterocycles. The summed E-state index contributed by atoms with van der Waals surface area (Å²) in [5.41, 5.74) is 0. The van der Waals surface area contributed by atoms with Crippen LogP contribution >= 0.6 is 0 Å². The van der Waals surface area contributed by atoms with Crippen molar-refractivity contribution < 1.29 is 19.4 Å². The highest BCUT2D eigenvalue weighted by Crippen LogP contribution is 2.17. The molecule has 0 aromatic rings. The zero-order valence-electron chi connectivity index (χ0n) is 23.6. The Balaban J connectivity index is 3.78. The predicted octanol–water partition coefficient (Wildman–Crippen LogP) is 10.2. The highest BCUT2D eigenvalue weighted by atomic mass is 16.5. The van der Waals surface area contributed by atoms with Gasteiger partial charge in [0, 0.05) is 12.8 Å². The van der Waals surface area contributed by atoms with Crippen molar-refractivity contribution in [1.29, 1.82) is 0 Å². The van der Waals surface area contributed by atoms with Crippen LogP contribution in [0.2, 0.25) is 0 Å². The van der Waals surface area contributed by atoms with E-state index in [0.29, 0.717) is 12.8 Å². The Labute approximate surface area is 218 Å². The minimum absolute atomic E-state index is 0.0778. The number of rotatable bonds is 28. The zero-order valence-corrected chi connectivity index (χ0v) is 23.6. The number of ether oxygens (including phenoxy) is 1. The van der Waals surface area contributed by atoms with Gasteiger partial charge in [0.25, 0.3) is 0 Å². The lowest BCUT2D eigenvalue weighted by Gasteiger charge is -2.17. The van der Waals surface area contributed by atoms with Crippen molar-refractivity contribution >= 4 is 11.9 Å². The molecular formula is C31H60O4. The Morgan fingerprint density at radius 2 is 0.886 bits per heavy atom. The second-order valence-corrected chi connectivity index (χ2v) is 10.7. The van der Waals surface area contributed by atoms with Crippen LogP contribution in [0.15, 0.2) is 0 Å². The molecule has 0 aromatic heterocycles.